The van der Waals surface area contributed by atoms with Gasteiger partial charge >= 0.3 is 0 Å². The van der Waals surface area contributed by atoms with Crippen molar-refractivity contribution in [3.8, 4) is 0 Å². The molecule has 1 aromatic heterocycles. The fourth-order valence-electron chi connectivity index (χ4n) is 3.28. The Balaban J connectivity index is 1.96. The van der Waals surface area contributed by atoms with E-state index < -0.39 is 10.0 Å². The van der Waals surface area contributed by atoms with E-state index in [1.165, 1.54) is 6.07 Å². The van der Waals surface area contributed by atoms with Gasteiger partial charge in [0.25, 0.3) is 15.9 Å². The molecule has 1 aliphatic heterocycles. The second-order valence-corrected chi connectivity index (χ2v) is 8.61. The highest BCUT2D eigenvalue weighted by Crippen LogP contribution is 2.26. The largest absolute Gasteiger partial charge is 0.343 e. The standard InChI is InChI=1S/C19H25N3O3S/c1-13-7-8-14(2)16(11-13)20-26(24,25)18-12-17(21(4)15(18)3)19(23)22-9-5-6-10-22/h7-8,11-12,20H,5-6,9-10H2,1-4H3. The highest BCUT2D eigenvalue weighted by Gasteiger charge is 2.28. The van der Waals surface area contributed by atoms with Gasteiger partial charge in [0, 0.05) is 25.8 Å². The number of amides is 1. The molecule has 0 unspecified atom stereocenters. The zero-order valence-corrected chi connectivity index (χ0v) is 16.5. The van der Waals surface area contributed by atoms with Crippen molar-refractivity contribution in [3.63, 3.8) is 0 Å². The molecule has 2 aromatic rings. The summed E-state index contributed by atoms with van der Waals surface area (Å²) >= 11 is 0. The molecule has 0 saturated carbocycles. The molecule has 6 nitrogen and oxygen atoms in total. The third-order valence-corrected chi connectivity index (χ3v) is 6.51. The first-order valence-corrected chi connectivity index (χ1v) is 10.2. The first-order chi connectivity index (χ1) is 12.2. The van der Waals surface area contributed by atoms with E-state index in [9.17, 15) is 13.2 Å². The average Bonchev–Trinajstić information content (AvgIpc) is 3.20. The van der Waals surface area contributed by atoms with Crippen molar-refractivity contribution in [3.05, 3.63) is 46.8 Å². The lowest BCUT2D eigenvalue weighted by Gasteiger charge is -2.15. The van der Waals surface area contributed by atoms with E-state index in [4.69, 9.17) is 0 Å². The quantitative estimate of drug-likeness (QED) is 0.893. The van der Waals surface area contributed by atoms with Crippen LogP contribution < -0.4 is 4.72 Å². The summed E-state index contributed by atoms with van der Waals surface area (Å²) in [6.07, 6.45) is 1.99. The van der Waals surface area contributed by atoms with E-state index in [1.807, 2.05) is 26.0 Å². The van der Waals surface area contributed by atoms with Crippen molar-refractivity contribution < 1.29 is 13.2 Å². The number of carbonyl (C=O) groups excluding carboxylic acids is 1. The van der Waals surface area contributed by atoms with Crippen LogP contribution in [0.1, 0.15) is 40.2 Å². The monoisotopic (exact) mass is 375 g/mol. The molecule has 140 valence electrons. The first kappa shape index (κ1) is 18.5. The summed E-state index contributed by atoms with van der Waals surface area (Å²) in [6.45, 7) is 6.95. The van der Waals surface area contributed by atoms with Gasteiger partial charge in [0.1, 0.15) is 10.6 Å². The van der Waals surface area contributed by atoms with Crippen LogP contribution in [0, 0.1) is 20.8 Å². The van der Waals surface area contributed by atoms with Crippen molar-refractivity contribution in [1.29, 1.82) is 0 Å². The third-order valence-electron chi connectivity index (χ3n) is 5.03. The first-order valence-electron chi connectivity index (χ1n) is 8.76. The lowest BCUT2D eigenvalue weighted by molar-refractivity contribution is 0.0783. The number of nitrogens with one attached hydrogen (secondary N) is 1. The molecule has 7 heteroatoms. The van der Waals surface area contributed by atoms with Crippen LogP contribution in [0.15, 0.2) is 29.2 Å². The Morgan fingerprint density at radius 3 is 2.38 bits per heavy atom. The van der Waals surface area contributed by atoms with E-state index >= 15 is 0 Å². The summed E-state index contributed by atoms with van der Waals surface area (Å²) in [6, 6.07) is 7.12. The van der Waals surface area contributed by atoms with Crippen LogP contribution >= 0.6 is 0 Å². The Bertz CT molecular complexity index is 955. The maximum Gasteiger partial charge on any atom is 0.270 e. The number of nitrogens with zero attached hydrogens (tertiary/aromatic N) is 2. The average molecular weight is 375 g/mol. The summed E-state index contributed by atoms with van der Waals surface area (Å²) in [4.78, 5) is 14.6. The highest BCUT2D eigenvalue weighted by atomic mass is 32.2. The van der Waals surface area contributed by atoms with E-state index in [2.05, 4.69) is 4.72 Å². The van der Waals surface area contributed by atoms with Crippen LogP contribution in [-0.4, -0.2) is 36.9 Å². The fourth-order valence-corrected chi connectivity index (χ4v) is 4.69. The smallest absolute Gasteiger partial charge is 0.270 e. The number of anilines is 1. The Hall–Kier alpha value is -2.28. The van der Waals surface area contributed by atoms with Gasteiger partial charge in [-0.1, -0.05) is 12.1 Å². The van der Waals surface area contributed by atoms with Gasteiger partial charge in [0.15, 0.2) is 0 Å². The zero-order chi connectivity index (χ0) is 19.1. The normalized spacial score (nSPS) is 14.7. The van der Waals surface area contributed by atoms with Gasteiger partial charge in [-0.25, -0.2) is 8.42 Å². The Kier molecular flexibility index (Phi) is 4.84. The fraction of sp³-hybridized carbons (Fsp3) is 0.421. The molecule has 0 aliphatic carbocycles. The number of carbonyl (C=O) groups is 1. The second-order valence-electron chi connectivity index (χ2n) is 6.96. The van der Waals surface area contributed by atoms with E-state index in [-0.39, 0.29) is 10.8 Å². The van der Waals surface area contributed by atoms with Gasteiger partial charge in [-0.2, -0.15) is 0 Å². The Morgan fingerprint density at radius 1 is 1.08 bits per heavy atom. The van der Waals surface area contributed by atoms with Gasteiger partial charge in [-0.15, -0.1) is 0 Å². The second kappa shape index (κ2) is 6.79. The molecule has 0 radical (unpaired) electrons. The Labute approximate surface area is 154 Å². The van der Waals surface area contributed by atoms with Crippen LogP contribution in [-0.2, 0) is 17.1 Å². The molecule has 3 rings (SSSR count). The van der Waals surface area contributed by atoms with Gasteiger partial charge < -0.3 is 9.47 Å². The summed E-state index contributed by atoms with van der Waals surface area (Å²) in [5, 5.41) is 0. The topological polar surface area (TPSA) is 71.4 Å². The lowest BCUT2D eigenvalue weighted by Crippen LogP contribution is -2.29. The molecule has 1 amide bonds. The van der Waals surface area contributed by atoms with E-state index in [0.717, 1.165) is 37.1 Å². The minimum Gasteiger partial charge on any atom is -0.343 e. The molecule has 1 saturated heterocycles. The molecule has 0 atom stereocenters. The number of aromatic nitrogens is 1. The maximum absolute atomic E-state index is 12.9. The van der Waals surface area contributed by atoms with Crippen molar-refractivity contribution in [1.82, 2.24) is 9.47 Å². The number of likely N-dealkylation sites (tertiary alicyclic amines) is 1. The number of hydrogen-bond donors (Lipinski definition) is 1. The van der Waals surface area contributed by atoms with Gasteiger partial charge in [0.05, 0.1) is 5.69 Å². The maximum atomic E-state index is 12.9. The summed E-state index contributed by atoms with van der Waals surface area (Å²) in [5.41, 5.74) is 3.33. The summed E-state index contributed by atoms with van der Waals surface area (Å²) < 4.78 is 30.2. The third kappa shape index (κ3) is 3.35. The molecule has 1 fully saturated rings. The number of aryl methyl sites for hydroxylation is 2. The molecular formula is C19H25N3O3S. The molecule has 2 heterocycles. The van der Waals surface area contributed by atoms with Crippen molar-refractivity contribution in [2.45, 2.75) is 38.5 Å². The van der Waals surface area contributed by atoms with E-state index in [1.54, 1.807) is 29.5 Å². The van der Waals surface area contributed by atoms with Crippen molar-refractivity contribution >= 4 is 21.6 Å². The van der Waals surface area contributed by atoms with Crippen molar-refractivity contribution in [2.24, 2.45) is 7.05 Å². The number of hydrogen-bond acceptors (Lipinski definition) is 3. The number of sulfonamides is 1. The molecule has 1 aliphatic rings. The van der Waals surface area contributed by atoms with Crippen LogP contribution in [0.3, 0.4) is 0 Å². The summed E-state index contributed by atoms with van der Waals surface area (Å²) in [5.74, 6) is -0.110. The predicted octanol–water partition coefficient (Wildman–Crippen LogP) is 2.99. The number of benzene rings is 1. The minimum atomic E-state index is -3.78. The molecule has 26 heavy (non-hydrogen) atoms. The zero-order valence-electron chi connectivity index (χ0n) is 15.7. The summed E-state index contributed by atoms with van der Waals surface area (Å²) in [7, 11) is -2.05. The molecular weight excluding hydrogens is 350 g/mol. The van der Waals surface area contributed by atoms with Gasteiger partial charge in [0.2, 0.25) is 0 Å². The molecule has 0 spiro atoms. The van der Waals surface area contributed by atoms with Crippen molar-refractivity contribution in [2.75, 3.05) is 17.8 Å². The lowest BCUT2D eigenvalue weighted by atomic mass is 10.1. The van der Waals surface area contributed by atoms with Gasteiger partial charge in [-0.3, -0.25) is 9.52 Å². The van der Waals surface area contributed by atoms with Gasteiger partial charge in [-0.05, 0) is 56.9 Å². The Morgan fingerprint density at radius 2 is 1.73 bits per heavy atom. The van der Waals surface area contributed by atoms with E-state index in [0.29, 0.717) is 17.1 Å². The minimum absolute atomic E-state index is 0.110. The SMILES string of the molecule is Cc1ccc(C)c(NS(=O)(=O)c2cc(C(=O)N3CCCC3)n(C)c2C)c1. The molecule has 1 aromatic carbocycles. The molecule has 0 bridgehead atoms. The number of rotatable bonds is 4. The van der Waals surface area contributed by atoms with Crippen LogP contribution in [0.25, 0.3) is 0 Å². The van der Waals surface area contributed by atoms with Crippen LogP contribution in [0.4, 0.5) is 5.69 Å². The van der Waals surface area contributed by atoms with Crippen LogP contribution in [0.5, 0.6) is 0 Å². The molecule has 1 N–H and O–H groups in total. The highest BCUT2D eigenvalue weighted by molar-refractivity contribution is 7.92. The predicted molar refractivity (Wildman–Crippen MR) is 102 cm³/mol. The van der Waals surface area contributed by atoms with Crippen LogP contribution in [0.2, 0.25) is 0 Å².